The van der Waals surface area contributed by atoms with Crippen molar-refractivity contribution in [2.75, 3.05) is 24.5 Å². The van der Waals surface area contributed by atoms with Crippen LogP contribution in [0.25, 0.3) is 0 Å². The first-order valence-corrected chi connectivity index (χ1v) is 8.96. The van der Waals surface area contributed by atoms with Gasteiger partial charge in [0, 0.05) is 37.4 Å². The van der Waals surface area contributed by atoms with Gasteiger partial charge >= 0.3 is 0 Å². The molecule has 3 saturated heterocycles. The van der Waals surface area contributed by atoms with Gasteiger partial charge in [0.2, 0.25) is 5.91 Å². The Balaban J connectivity index is 1.88. The van der Waals surface area contributed by atoms with Crippen LogP contribution in [0.5, 0.6) is 0 Å². The summed E-state index contributed by atoms with van der Waals surface area (Å²) < 4.78 is 0. The zero-order valence-corrected chi connectivity index (χ0v) is 15.2. The van der Waals surface area contributed by atoms with E-state index in [1.807, 2.05) is 6.20 Å². The number of carbonyl (C=O) groups excluding carboxylic acids is 1. The highest BCUT2D eigenvalue weighted by Gasteiger charge is 2.40. The number of carbonyl (C=O) groups is 1. The second-order valence-corrected chi connectivity index (χ2v) is 7.56. The summed E-state index contributed by atoms with van der Waals surface area (Å²) in [5.41, 5.74) is 2.43. The highest BCUT2D eigenvalue weighted by Crippen LogP contribution is 2.33. The Morgan fingerprint density at radius 1 is 1.33 bits per heavy atom. The summed E-state index contributed by atoms with van der Waals surface area (Å²) in [7, 11) is 0. The van der Waals surface area contributed by atoms with Crippen molar-refractivity contribution >= 4 is 11.7 Å². The standard InChI is InChI=1S/C19H28N4O/c1-13(2)7-8-23-16-6-5-15(19(23)24)10-22(11-16)18-17(14(3)4)9-20-12-21-18/h7,9,12,14-16H,5-6,8,10-11H2,1-4H3/t15-,16+/m0/s1. The van der Waals surface area contributed by atoms with Crippen molar-refractivity contribution in [3.05, 3.63) is 29.7 Å². The Morgan fingerprint density at radius 2 is 2.12 bits per heavy atom. The van der Waals surface area contributed by atoms with E-state index in [4.69, 9.17) is 0 Å². The average Bonchev–Trinajstić information content (AvgIpc) is 2.84. The van der Waals surface area contributed by atoms with Crippen molar-refractivity contribution in [1.29, 1.82) is 0 Å². The summed E-state index contributed by atoms with van der Waals surface area (Å²) in [6.07, 6.45) is 7.78. The van der Waals surface area contributed by atoms with Gasteiger partial charge in [-0.3, -0.25) is 4.79 Å². The molecule has 2 atom stereocenters. The number of allylic oxidation sites excluding steroid dienone is 1. The third kappa shape index (κ3) is 3.30. The molecule has 130 valence electrons. The Labute approximate surface area is 144 Å². The van der Waals surface area contributed by atoms with Crippen LogP contribution in [0.2, 0.25) is 0 Å². The van der Waals surface area contributed by atoms with Gasteiger partial charge in [-0.15, -0.1) is 0 Å². The number of nitrogens with zero attached hydrogens (tertiary/aromatic N) is 4. The molecule has 0 aliphatic carbocycles. The predicted octanol–water partition coefficient (Wildman–Crippen LogP) is 2.99. The smallest absolute Gasteiger partial charge is 0.228 e. The van der Waals surface area contributed by atoms with Gasteiger partial charge in [0.05, 0.1) is 5.92 Å². The van der Waals surface area contributed by atoms with E-state index in [0.717, 1.165) is 38.3 Å². The number of hydrogen-bond acceptors (Lipinski definition) is 4. The molecule has 3 aliphatic heterocycles. The molecule has 1 amide bonds. The van der Waals surface area contributed by atoms with Crippen LogP contribution in [-0.4, -0.2) is 46.5 Å². The van der Waals surface area contributed by atoms with Gasteiger partial charge in [0.1, 0.15) is 12.1 Å². The number of anilines is 1. The van der Waals surface area contributed by atoms with Crippen molar-refractivity contribution in [3.63, 3.8) is 0 Å². The molecule has 0 unspecified atom stereocenters. The monoisotopic (exact) mass is 328 g/mol. The molecule has 0 radical (unpaired) electrons. The quantitative estimate of drug-likeness (QED) is 0.797. The van der Waals surface area contributed by atoms with Gasteiger partial charge in [0.15, 0.2) is 0 Å². The average molecular weight is 328 g/mol. The molecule has 2 bridgehead atoms. The molecule has 3 fully saturated rings. The lowest BCUT2D eigenvalue weighted by Gasteiger charge is -2.35. The summed E-state index contributed by atoms with van der Waals surface area (Å²) in [6, 6.07) is 0.279. The van der Waals surface area contributed by atoms with Crippen LogP contribution in [0.1, 0.15) is 52.0 Å². The summed E-state index contributed by atoms with van der Waals surface area (Å²) in [4.78, 5) is 26.0. The first-order valence-electron chi connectivity index (χ1n) is 8.96. The van der Waals surface area contributed by atoms with Gasteiger partial charge < -0.3 is 9.80 Å². The molecule has 0 N–H and O–H groups in total. The van der Waals surface area contributed by atoms with E-state index in [1.165, 1.54) is 11.1 Å². The molecule has 5 heteroatoms. The largest absolute Gasteiger partial charge is 0.353 e. The fourth-order valence-electron chi connectivity index (χ4n) is 3.74. The van der Waals surface area contributed by atoms with E-state index in [0.29, 0.717) is 11.8 Å². The van der Waals surface area contributed by atoms with Gasteiger partial charge in [-0.1, -0.05) is 25.5 Å². The van der Waals surface area contributed by atoms with E-state index in [-0.39, 0.29) is 12.0 Å². The molecular weight excluding hydrogens is 300 g/mol. The van der Waals surface area contributed by atoms with Crippen LogP contribution in [0.4, 0.5) is 5.82 Å². The maximum Gasteiger partial charge on any atom is 0.228 e. The highest BCUT2D eigenvalue weighted by atomic mass is 16.2. The van der Waals surface area contributed by atoms with Crippen molar-refractivity contribution < 1.29 is 4.79 Å². The molecule has 4 rings (SSSR count). The fourth-order valence-corrected chi connectivity index (χ4v) is 3.74. The maximum atomic E-state index is 12.9. The molecule has 0 saturated carbocycles. The summed E-state index contributed by atoms with van der Waals surface area (Å²) in [6.45, 7) is 10.9. The Kier molecular flexibility index (Phi) is 4.88. The predicted molar refractivity (Wildman–Crippen MR) is 96.0 cm³/mol. The molecule has 0 aromatic carbocycles. The molecule has 4 heterocycles. The minimum Gasteiger partial charge on any atom is -0.353 e. The van der Waals surface area contributed by atoms with Crippen LogP contribution in [0.3, 0.4) is 0 Å². The molecule has 1 aromatic rings. The second kappa shape index (κ2) is 6.91. The molecular formula is C19H28N4O. The van der Waals surface area contributed by atoms with Crippen molar-refractivity contribution in [2.24, 2.45) is 5.92 Å². The van der Waals surface area contributed by atoms with Gasteiger partial charge in [0.25, 0.3) is 0 Å². The first kappa shape index (κ1) is 16.9. The number of piperidine rings is 1. The van der Waals surface area contributed by atoms with E-state index >= 15 is 0 Å². The fraction of sp³-hybridized carbons (Fsp3) is 0.632. The molecule has 0 spiro atoms. The summed E-state index contributed by atoms with van der Waals surface area (Å²) in [5, 5.41) is 0. The van der Waals surface area contributed by atoms with Crippen LogP contribution in [0, 0.1) is 5.92 Å². The summed E-state index contributed by atoms with van der Waals surface area (Å²) >= 11 is 0. The Hall–Kier alpha value is -1.91. The lowest BCUT2D eigenvalue weighted by Crippen LogP contribution is -2.47. The molecule has 24 heavy (non-hydrogen) atoms. The topological polar surface area (TPSA) is 49.3 Å². The molecule has 1 aromatic heterocycles. The van der Waals surface area contributed by atoms with Gasteiger partial charge in [-0.05, 0) is 32.6 Å². The SMILES string of the molecule is CC(C)=CCN1C(=O)[C@H]2CC[C@@H]1CN(c1ncncc1C(C)C)C2. The van der Waals surface area contributed by atoms with Gasteiger partial charge in [-0.25, -0.2) is 9.97 Å². The van der Waals surface area contributed by atoms with Gasteiger partial charge in [-0.2, -0.15) is 0 Å². The van der Waals surface area contributed by atoms with Crippen LogP contribution < -0.4 is 4.90 Å². The van der Waals surface area contributed by atoms with Crippen LogP contribution in [-0.2, 0) is 4.79 Å². The lowest BCUT2D eigenvalue weighted by atomic mass is 9.94. The normalized spacial score (nSPS) is 23.6. The zero-order chi connectivity index (χ0) is 17.3. The number of rotatable bonds is 4. The van der Waals surface area contributed by atoms with E-state index in [1.54, 1.807) is 6.33 Å². The lowest BCUT2D eigenvalue weighted by molar-refractivity contribution is -0.139. The second-order valence-electron chi connectivity index (χ2n) is 7.56. The number of hydrogen-bond donors (Lipinski definition) is 0. The minimum atomic E-state index is 0.0873. The number of aromatic nitrogens is 2. The molecule has 3 aliphatic rings. The summed E-state index contributed by atoms with van der Waals surface area (Å²) in [5.74, 6) is 1.78. The minimum absolute atomic E-state index is 0.0873. The Bertz CT molecular complexity index is 636. The highest BCUT2D eigenvalue weighted by molar-refractivity contribution is 5.81. The van der Waals surface area contributed by atoms with Crippen molar-refractivity contribution in [1.82, 2.24) is 14.9 Å². The van der Waals surface area contributed by atoms with Crippen LogP contribution >= 0.6 is 0 Å². The van der Waals surface area contributed by atoms with E-state index < -0.39 is 0 Å². The van der Waals surface area contributed by atoms with Crippen molar-refractivity contribution in [3.8, 4) is 0 Å². The first-order chi connectivity index (χ1) is 11.5. The number of amides is 1. The maximum absolute atomic E-state index is 12.9. The van der Waals surface area contributed by atoms with Crippen molar-refractivity contribution in [2.45, 2.75) is 52.5 Å². The molecule has 5 nitrogen and oxygen atoms in total. The Morgan fingerprint density at radius 3 is 2.83 bits per heavy atom. The third-order valence-electron chi connectivity index (χ3n) is 5.13. The van der Waals surface area contributed by atoms with E-state index in [9.17, 15) is 4.79 Å². The van der Waals surface area contributed by atoms with Crippen LogP contribution in [0.15, 0.2) is 24.2 Å². The third-order valence-corrected chi connectivity index (χ3v) is 5.13. The number of fused-ring (bicyclic) bond motifs is 4. The zero-order valence-electron chi connectivity index (χ0n) is 15.2. The van der Waals surface area contributed by atoms with E-state index in [2.05, 4.69) is 53.5 Å².